The number of piperazine rings is 1. The molecule has 1 aromatic carbocycles. The van der Waals surface area contributed by atoms with Crippen molar-refractivity contribution < 1.29 is 23.5 Å². The SMILES string of the molecule is O=C(Nc1ccc(Oc2ccnc3cc(-c4ccc(CN5CCN(C(=O)CCCC[C@H]6SC[C@H]7NC(=O)N[C@H]76)CC5)cn4)sc23)c(F)c1)NC1CC1. The van der Waals surface area contributed by atoms with Gasteiger partial charge in [0.15, 0.2) is 11.6 Å². The van der Waals surface area contributed by atoms with Gasteiger partial charge in [0.05, 0.1) is 32.9 Å². The largest absolute Gasteiger partial charge is 0.453 e. The highest BCUT2D eigenvalue weighted by atomic mass is 32.2. The Balaban J connectivity index is 0.803. The van der Waals surface area contributed by atoms with Gasteiger partial charge >= 0.3 is 12.1 Å². The third kappa shape index (κ3) is 8.11. The van der Waals surface area contributed by atoms with Gasteiger partial charge in [-0.3, -0.25) is 19.7 Å². The lowest BCUT2D eigenvalue weighted by molar-refractivity contribution is -0.133. The number of nitrogens with zero attached hydrogens (tertiary/aromatic N) is 4. The van der Waals surface area contributed by atoms with Crippen molar-refractivity contribution in [2.75, 3.05) is 37.2 Å². The maximum Gasteiger partial charge on any atom is 0.319 e. The maximum absolute atomic E-state index is 15.0. The molecule has 4 aliphatic rings. The van der Waals surface area contributed by atoms with Crippen LogP contribution in [-0.4, -0.2) is 93.0 Å². The van der Waals surface area contributed by atoms with Crippen LogP contribution in [0.3, 0.4) is 0 Å². The number of hydrogen-bond donors (Lipinski definition) is 4. The fourth-order valence-electron chi connectivity index (χ4n) is 6.98. The van der Waals surface area contributed by atoms with Gasteiger partial charge in [-0.15, -0.1) is 11.3 Å². The molecule has 8 rings (SSSR count). The van der Waals surface area contributed by atoms with Crippen LogP contribution >= 0.6 is 23.1 Å². The predicted molar refractivity (Wildman–Crippen MR) is 200 cm³/mol. The van der Waals surface area contributed by atoms with E-state index >= 15 is 0 Å². The first-order chi connectivity index (χ1) is 25.3. The van der Waals surface area contributed by atoms with Crippen molar-refractivity contribution in [3.8, 4) is 22.1 Å². The highest BCUT2D eigenvalue weighted by Gasteiger charge is 2.42. The Morgan fingerprint density at radius 2 is 1.87 bits per heavy atom. The Bertz CT molecular complexity index is 1950. The molecule has 3 atom stereocenters. The van der Waals surface area contributed by atoms with Crippen molar-refractivity contribution in [3.63, 3.8) is 0 Å². The molecule has 4 aromatic rings. The highest BCUT2D eigenvalue weighted by molar-refractivity contribution is 8.00. The molecule has 272 valence electrons. The molecule has 6 heterocycles. The summed E-state index contributed by atoms with van der Waals surface area (Å²) in [6.45, 7) is 3.86. The van der Waals surface area contributed by atoms with E-state index in [1.807, 2.05) is 35.0 Å². The Hall–Kier alpha value is -4.47. The molecule has 52 heavy (non-hydrogen) atoms. The van der Waals surface area contributed by atoms with Gasteiger partial charge in [-0.25, -0.2) is 14.0 Å². The van der Waals surface area contributed by atoms with Gasteiger partial charge in [-0.1, -0.05) is 12.5 Å². The number of carbonyl (C=O) groups excluding carboxylic acids is 3. The molecule has 3 aliphatic heterocycles. The van der Waals surface area contributed by atoms with Crippen LogP contribution in [0, 0.1) is 5.82 Å². The molecule has 12 nitrogen and oxygen atoms in total. The number of amides is 5. The smallest absolute Gasteiger partial charge is 0.319 e. The van der Waals surface area contributed by atoms with Gasteiger partial charge in [-0.05, 0) is 55.5 Å². The number of rotatable bonds is 12. The number of fused-ring (bicyclic) bond motifs is 2. The number of nitrogens with one attached hydrogen (secondary N) is 4. The first-order valence-electron chi connectivity index (χ1n) is 17.9. The predicted octanol–water partition coefficient (Wildman–Crippen LogP) is 5.94. The first kappa shape index (κ1) is 34.6. The van der Waals surface area contributed by atoms with Crippen molar-refractivity contribution >= 4 is 57.0 Å². The zero-order chi connectivity index (χ0) is 35.6. The Kier molecular flexibility index (Phi) is 10.1. The fourth-order valence-corrected chi connectivity index (χ4v) is 9.57. The average molecular weight is 745 g/mol. The number of hydrogen-bond acceptors (Lipinski definition) is 9. The van der Waals surface area contributed by atoms with Gasteiger partial charge < -0.3 is 30.9 Å². The van der Waals surface area contributed by atoms with E-state index in [1.54, 1.807) is 18.3 Å². The number of unbranched alkanes of at least 4 members (excludes halogenated alkanes) is 1. The topological polar surface area (TPSA) is 141 Å². The van der Waals surface area contributed by atoms with Crippen molar-refractivity contribution in [2.24, 2.45) is 0 Å². The molecule has 0 unspecified atom stereocenters. The molecule has 1 saturated carbocycles. The molecule has 1 aliphatic carbocycles. The second-order valence-electron chi connectivity index (χ2n) is 13.8. The molecular weight excluding hydrogens is 704 g/mol. The lowest BCUT2D eigenvalue weighted by Crippen LogP contribution is -2.48. The summed E-state index contributed by atoms with van der Waals surface area (Å²) in [7, 11) is 0. The van der Waals surface area contributed by atoms with E-state index in [0.717, 1.165) is 96.9 Å². The average Bonchev–Trinajstić information content (AvgIpc) is 3.52. The van der Waals surface area contributed by atoms with Crippen LogP contribution in [0.4, 0.5) is 19.7 Å². The summed E-state index contributed by atoms with van der Waals surface area (Å²) >= 11 is 3.40. The Morgan fingerprint density at radius 3 is 2.65 bits per heavy atom. The lowest BCUT2D eigenvalue weighted by atomic mass is 10.0. The van der Waals surface area contributed by atoms with Crippen LogP contribution in [0.5, 0.6) is 11.5 Å². The minimum atomic E-state index is -0.584. The second kappa shape index (κ2) is 15.2. The molecule has 0 bridgehead atoms. The minimum Gasteiger partial charge on any atom is -0.453 e. The molecule has 4 fully saturated rings. The number of urea groups is 2. The number of halogens is 1. The second-order valence-corrected chi connectivity index (χ2v) is 16.2. The normalized spacial score (nSPS) is 21.4. The Morgan fingerprint density at radius 1 is 1.00 bits per heavy atom. The van der Waals surface area contributed by atoms with E-state index in [9.17, 15) is 18.8 Å². The van der Waals surface area contributed by atoms with Gasteiger partial charge in [0, 0.05) is 86.4 Å². The quantitative estimate of drug-likeness (QED) is 0.103. The molecule has 5 amide bonds. The molecule has 3 saturated heterocycles. The van der Waals surface area contributed by atoms with Gasteiger partial charge in [0.2, 0.25) is 5.91 Å². The minimum absolute atomic E-state index is 0.0512. The number of thiophene rings is 1. The first-order valence-corrected chi connectivity index (χ1v) is 19.8. The van der Waals surface area contributed by atoms with E-state index in [2.05, 4.69) is 37.2 Å². The summed E-state index contributed by atoms with van der Waals surface area (Å²) < 4.78 is 21.8. The number of pyridine rings is 2. The van der Waals surface area contributed by atoms with Crippen LogP contribution in [0.1, 0.15) is 44.1 Å². The van der Waals surface area contributed by atoms with E-state index in [1.165, 1.54) is 23.5 Å². The summed E-state index contributed by atoms with van der Waals surface area (Å²) in [5, 5.41) is 11.9. The number of anilines is 1. The summed E-state index contributed by atoms with van der Waals surface area (Å²) in [5.74, 6) is 1.15. The maximum atomic E-state index is 15.0. The number of ether oxygens (including phenoxy) is 1. The van der Waals surface area contributed by atoms with Crippen LogP contribution in [0.25, 0.3) is 20.8 Å². The van der Waals surface area contributed by atoms with Crippen LogP contribution in [-0.2, 0) is 11.3 Å². The summed E-state index contributed by atoms with van der Waals surface area (Å²) in [6.07, 6.45) is 8.94. The zero-order valence-corrected chi connectivity index (χ0v) is 30.2. The van der Waals surface area contributed by atoms with Gasteiger partial charge in [0.25, 0.3) is 0 Å². The van der Waals surface area contributed by atoms with E-state index < -0.39 is 5.82 Å². The van der Waals surface area contributed by atoms with E-state index in [-0.39, 0.29) is 41.8 Å². The van der Waals surface area contributed by atoms with Gasteiger partial charge in [-0.2, -0.15) is 11.8 Å². The summed E-state index contributed by atoms with van der Waals surface area (Å²) in [4.78, 5) is 51.1. The monoisotopic (exact) mass is 744 g/mol. The van der Waals surface area contributed by atoms with Crippen LogP contribution < -0.4 is 26.0 Å². The Labute approximate surface area is 309 Å². The fraction of sp³-hybridized carbons (Fsp3) is 0.432. The van der Waals surface area contributed by atoms with Crippen LogP contribution in [0.2, 0.25) is 0 Å². The highest BCUT2D eigenvalue weighted by Crippen LogP contribution is 2.39. The third-order valence-electron chi connectivity index (χ3n) is 9.97. The molecule has 4 N–H and O–H groups in total. The lowest BCUT2D eigenvalue weighted by Gasteiger charge is -2.34. The van der Waals surface area contributed by atoms with Gasteiger partial charge in [0.1, 0.15) is 5.75 Å². The molecule has 3 aromatic heterocycles. The van der Waals surface area contributed by atoms with Crippen molar-refractivity contribution in [1.82, 2.24) is 35.7 Å². The van der Waals surface area contributed by atoms with E-state index in [4.69, 9.17) is 9.72 Å². The number of thioether (sulfide) groups is 1. The zero-order valence-electron chi connectivity index (χ0n) is 28.6. The van der Waals surface area contributed by atoms with Crippen molar-refractivity contribution in [1.29, 1.82) is 0 Å². The third-order valence-corrected chi connectivity index (χ3v) is 12.6. The van der Waals surface area contributed by atoms with Crippen LogP contribution in [0.15, 0.2) is 54.9 Å². The summed E-state index contributed by atoms with van der Waals surface area (Å²) in [5.41, 5.74) is 3.00. The molecule has 0 spiro atoms. The van der Waals surface area contributed by atoms with Crippen molar-refractivity contribution in [2.45, 2.75) is 68.4 Å². The standard InChI is InChI=1S/C37H41FN8O4S2/c38-25-17-24(42-36(48)41-23-6-7-23)8-10-29(25)50-30-11-12-39-27-18-32(52-35(27)30)26-9-5-22(19-40-26)20-45-13-15-46(16-14-45)33(47)4-2-1-3-31-34-28(21-51-31)43-37(49)44-34/h5,8-12,17-19,23,28,31,34H,1-4,6-7,13-16,20-21H2,(H2,41,42,48)(H2,43,44,49)/t28-,31-,34-/m1/s1. The summed E-state index contributed by atoms with van der Waals surface area (Å²) in [6, 6.07) is 12.4. The molecular formula is C37H41FN8O4S2. The molecule has 15 heteroatoms. The van der Waals surface area contributed by atoms with Crippen molar-refractivity contribution in [3.05, 3.63) is 66.2 Å². The number of benzene rings is 1. The number of aromatic nitrogens is 2. The van der Waals surface area contributed by atoms with E-state index in [0.29, 0.717) is 23.1 Å². The number of carbonyl (C=O) groups is 3. The molecule has 0 radical (unpaired) electrons.